The predicted molar refractivity (Wildman–Crippen MR) is 116 cm³/mol. The molecule has 0 unspecified atom stereocenters. The van der Waals surface area contributed by atoms with Crippen molar-refractivity contribution in [1.82, 2.24) is 4.90 Å². The first-order valence-electron chi connectivity index (χ1n) is 9.83. The van der Waals surface area contributed by atoms with E-state index in [9.17, 15) is 9.59 Å². The summed E-state index contributed by atoms with van der Waals surface area (Å²) in [4.78, 5) is 27.7. The van der Waals surface area contributed by atoms with Gasteiger partial charge in [0, 0.05) is 50.3 Å². The Labute approximate surface area is 171 Å². The van der Waals surface area contributed by atoms with E-state index in [0.29, 0.717) is 5.75 Å². The van der Waals surface area contributed by atoms with Crippen molar-refractivity contribution in [2.24, 2.45) is 0 Å². The van der Waals surface area contributed by atoms with Crippen molar-refractivity contribution in [3.63, 3.8) is 0 Å². The van der Waals surface area contributed by atoms with Crippen LogP contribution in [0.3, 0.4) is 0 Å². The number of nitrogens with one attached hydrogen (secondary N) is 2. The van der Waals surface area contributed by atoms with Crippen LogP contribution in [0.1, 0.15) is 12.8 Å². The Morgan fingerprint density at radius 1 is 1.03 bits per heavy atom. The fourth-order valence-corrected chi connectivity index (χ4v) is 3.09. The molecule has 0 bridgehead atoms. The molecule has 1 heterocycles. The summed E-state index contributed by atoms with van der Waals surface area (Å²) < 4.78 is 5.49. The SMILES string of the molecule is CN(C)C(=O)COc1cccc(NCC(=O)Nc2ccc(N3CCCC3)cc2)c1. The second kappa shape index (κ2) is 9.82. The number of hydrogen-bond donors (Lipinski definition) is 2. The third-order valence-electron chi connectivity index (χ3n) is 4.77. The maximum atomic E-state index is 12.2. The van der Waals surface area contributed by atoms with E-state index in [1.54, 1.807) is 26.2 Å². The number of likely N-dealkylation sites (N-methyl/N-ethyl adjacent to an activating group) is 1. The van der Waals surface area contributed by atoms with Gasteiger partial charge < -0.3 is 25.2 Å². The van der Waals surface area contributed by atoms with Gasteiger partial charge >= 0.3 is 0 Å². The Morgan fingerprint density at radius 2 is 1.76 bits per heavy atom. The molecule has 1 aliphatic rings. The average molecular weight is 396 g/mol. The van der Waals surface area contributed by atoms with Crippen molar-refractivity contribution >= 4 is 28.9 Å². The first-order chi connectivity index (χ1) is 14.0. The standard InChI is InChI=1S/C22H28N4O3/c1-25(2)22(28)16-29-20-7-5-6-18(14-20)23-15-21(27)24-17-8-10-19(11-9-17)26-12-3-4-13-26/h5-11,14,23H,3-4,12-13,15-16H2,1-2H3,(H,24,27). The molecule has 2 aromatic rings. The summed E-state index contributed by atoms with van der Waals surface area (Å²) in [6.45, 7) is 2.31. The molecular formula is C22H28N4O3. The zero-order valence-electron chi connectivity index (χ0n) is 17.0. The highest BCUT2D eigenvalue weighted by Crippen LogP contribution is 2.22. The highest BCUT2D eigenvalue weighted by atomic mass is 16.5. The maximum absolute atomic E-state index is 12.2. The molecule has 2 aromatic carbocycles. The molecule has 1 fully saturated rings. The van der Waals surface area contributed by atoms with E-state index < -0.39 is 0 Å². The average Bonchev–Trinajstić information content (AvgIpc) is 3.26. The second-order valence-corrected chi connectivity index (χ2v) is 7.25. The van der Waals surface area contributed by atoms with Crippen LogP contribution in [-0.2, 0) is 9.59 Å². The van der Waals surface area contributed by atoms with Gasteiger partial charge in [-0.05, 0) is 49.2 Å². The fraction of sp³-hybridized carbons (Fsp3) is 0.364. The Morgan fingerprint density at radius 3 is 2.45 bits per heavy atom. The lowest BCUT2D eigenvalue weighted by Gasteiger charge is -2.17. The number of carbonyl (C=O) groups excluding carboxylic acids is 2. The van der Waals surface area contributed by atoms with E-state index >= 15 is 0 Å². The first kappa shape index (κ1) is 20.5. The molecule has 0 radical (unpaired) electrons. The lowest BCUT2D eigenvalue weighted by Crippen LogP contribution is -2.27. The van der Waals surface area contributed by atoms with Gasteiger partial charge in [0.25, 0.3) is 5.91 Å². The van der Waals surface area contributed by atoms with Gasteiger partial charge in [-0.25, -0.2) is 0 Å². The molecule has 29 heavy (non-hydrogen) atoms. The number of rotatable bonds is 8. The van der Waals surface area contributed by atoms with Crippen LogP contribution in [0, 0.1) is 0 Å². The highest BCUT2D eigenvalue weighted by Gasteiger charge is 2.12. The Balaban J connectivity index is 1.46. The first-order valence-corrected chi connectivity index (χ1v) is 9.83. The highest BCUT2D eigenvalue weighted by molar-refractivity contribution is 5.93. The third kappa shape index (κ3) is 6.14. The summed E-state index contributed by atoms with van der Waals surface area (Å²) in [5.74, 6) is 0.328. The smallest absolute Gasteiger partial charge is 0.259 e. The van der Waals surface area contributed by atoms with E-state index in [-0.39, 0.29) is 25.0 Å². The molecule has 0 spiro atoms. The van der Waals surface area contributed by atoms with Crippen LogP contribution in [0.4, 0.5) is 17.1 Å². The molecular weight excluding hydrogens is 368 g/mol. The minimum absolute atomic E-state index is 0.0234. The largest absolute Gasteiger partial charge is 0.484 e. The lowest BCUT2D eigenvalue weighted by molar-refractivity contribution is -0.130. The normalized spacial score (nSPS) is 13.1. The number of benzene rings is 2. The maximum Gasteiger partial charge on any atom is 0.259 e. The van der Waals surface area contributed by atoms with Gasteiger partial charge in [-0.15, -0.1) is 0 Å². The van der Waals surface area contributed by atoms with Gasteiger partial charge in [-0.1, -0.05) is 6.07 Å². The number of anilines is 3. The Hall–Kier alpha value is -3.22. The number of nitrogens with zero attached hydrogens (tertiary/aromatic N) is 2. The van der Waals surface area contributed by atoms with Crippen LogP contribution >= 0.6 is 0 Å². The van der Waals surface area contributed by atoms with Gasteiger partial charge in [0.1, 0.15) is 5.75 Å². The van der Waals surface area contributed by atoms with Crippen LogP contribution in [0.5, 0.6) is 5.75 Å². The summed E-state index contributed by atoms with van der Waals surface area (Å²) in [5.41, 5.74) is 2.72. The summed E-state index contributed by atoms with van der Waals surface area (Å²) >= 11 is 0. The van der Waals surface area contributed by atoms with Crippen molar-refractivity contribution < 1.29 is 14.3 Å². The molecule has 1 saturated heterocycles. The fourth-order valence-electron chi connectivity index (χ4n) is 3.09. The third-order valence-corrected chi connectivity index (χ3v) is 4.77. The molecule has 0 aromatic heterocycles. The monoisotopic (exact) mass is 396 g/mol. The molecule has 1 aliphatic heterocycles. The van der Waals surface area contributed by atoms with E-state index in [1.807, 2.05) is 36.4 Å². The summed E-state index contributed by atoms with van der Waals surface area (Å²) in [5, 5.41) is 5.97. The van der Waals surface area contributed by atoms with Crippen LogP contribution in [0.25, 0.3) is 0 Å². The summed E-state index contributed by atoms with van der Waals surface area (Å²) in [7, 11) is 3.37. The predicted octanol–water partition coefficient (Wildman–Crippen LogP) is 2.80. The van der Waals surface area contributed by atoms with Crippen molar-refractivity contribution in [3.8, 4) is 5.75 Å². The molecule has 2 N–H and O–H groups in total. The van der Waals surface area contributed by atoms with Gasteiger partial charge in [0.15, 0.2) is 6.61 Å². The van der Waals surface area contributed by atoms with Crippen LogP contribution in [0.2, 0.25) is 0 Å². The van der Waals surface area contributed by atoms with Gasteiger partial charge in [-0.3, -0.25) is 9.59 Å². The van der Waals surface area contributed by atoms with Crippen molar-refractivity contribution in [2.45, 2.75) is 12.8 Å². The molecule has 0 aliphatic carbocycles. The van der Waals surface area contributed by atoms with Crippen molar-refractivity contribution in [1.29, 1.82) is 0 Å². The van der Waals surface area contributed by atoms with Gasteiger partial charge in [0.2, 0.25) is 5.91 Å². The second-order valence-electron chi connectivity index (χ2n) is 7.25. The Kier molecular flexibility index (Phi) is 6.94. The molecule has 0 atom stereocenters. The lowest BCUT2D eigenvalue weighted by atomic mass is 10.2. The number of hydrogen-bond acceptors (Lipinski definition) is 5. The molecule has 7 nitrogen and oxygen atoms in total. The van der Waals surface area contributed by atoms with Crippen molar-refractivity contribution in [3.05, 3.63) is 48.5 Å². The molecule has 2 amide bonds. The van der Waals surface area contributed by atoms with E-state index in [1.165, 1.54) is 23.4 Å². The van der Waals surface area contributed by atoms with Crippen LogP contribution in [-0.4, -0.2) is 57.1 Å². The zero-order chi connectivity index (χ0) is 20.6. The number of amides is 2. The van der Waals surface area contributed by atoms with E-state index in [4.69, 9.17) is 4.74 Å². The minimum Gasteiger partial charge on any atom is -0.484 e. The van der Waals surface area contributed by atoms with E-state index in [0.717, 1.165) is 24.5 Å². The van der Waals surface area contributed by atoms with Crippen LogP contribution < -0.4 is 20.3 Å². The van der Waals surface area contributed by atoms with Gasteiger partial charge in [-0.2, -0.15) is 0 Å². The number of carbonyl (C=O) groups is 2. The topological polar surface area (TPSA) is 73.9 Å². The van der Waals surface area contributed by atoms with Crippen molar-refractivity contribution in [2.75, 3.05) is 55.9 Å². The molecule has 154 valence electrons. The van der Waals surface area contributed by atoms with Gasteiger partial charge in [0.05, 0.1) is 6.54 Å². The molecule has 3 rings (SSSR count). The van der Waals surface area contributed by atoms with Crippen LogP contribution in [0.15, 0.2) is 48.5 Å². The quantitative estimate of drug-likeness (QED) is 0.718. The van der Waals surface area contributed by atoms with E-state index in [2.05, 4.69) is 15.5 Å². The molecule has 0 saturated carbocycles. The summed E-state index contributed by atoms with van der Waals surface area (Å²) in [6, 6.07) is 15.2. The number of ether oxygens (including phenoxy) is 1. The molecule has 7 heteroatoms. The zero-order valence-corrected chi connectivity index (χ0v) is 17.0. The summed E-state index contributed by atoms with van der Waals surface area (Å²) in [6.07, 6.45) is 2.48. The Bertz CT molecular complexity index is 830. The minimum atomic E-state index is -0.131.